The third-order valence-electron chi connectivity index (χ3n) is 3.68. The second kappa shape index (κ2) is 5.30. The number of piperidine rings is 1. The van der Waals surface area contributed by atoms with E-state index in [1.165, 1.54) is 0 Å². The van der Waals surface area contributed by atoms with E-state index < -0.39 is 11.9 Å². The summed E-state index contributed by atoms with van der Waals surface area (Å²) in [7, 11) is 0. The Balaban J connectivity index is 2.22. The lowest BCUT2D eigenvalue weighted by molar-refractivity contribution is -0.143. The van der Waals surface area contributed by atoms with Crippen LogP contribution in [0, 0.1) is 5.92 Å². The fourth-order valence-electron chi connectivity index (χ4n) is 2.44. The molecule has 1 aliphatic rings. The zero-order chi connectivity index (χ0) is 14.0. The summed E-state index contributed by atoms with van der Waals surface area (Å²) in [6, 6.07) is 6.92. The van der Waals surface area contributed by atoms with Crippen LogP contribution in [0.3, 0.4) is 0 Å². The van der Waals surface area contributed by atoms with E-state index in [1.807, 2.05) is 6.92 Å². The molecular weight excluding hydrogens is 244 g/mol. The number of carboxylic acid groups (broad SMARTS) is 1. The van der Waals surface area contributed by atoms with Gasteiger partial charge in [-0.2, -0.15) is 0 Å². The first-order chi connectivity index (χ1) is 9.00. The van der Waals surface area contributed by atoms with E-state index in [0.717, 1.165) is 0 Å². The van der Waals surface area contributed by atoms with Gasteiger partial charge in [-0.25, -0.2) is 0 Å². The summed E-state index contributed by atoms with van der Waals surface area (Å²) >= 11 is 0. The average molecular weight is 262 g/mol. The van der Waals surface area contributed by atoms with Gasteiger partial charge in [-0.3, -0.25) is 9.59 Å². The summed E-state index contributed by atoms with van der Waals surface area (Å²) in [5.41, 5.74) is 6.68. The van der Waals surface area contributed by atoms with Gasteiger partial charge < -0.3 is 15.7 Å². The third kappa shape index (κ3) is 2.70. The number of carbonyl (C=O) groups is 2. The van der Waals surface area contributed by atoms with Crippen LogP contribution in [0.5, 0.6) is 0 Å². The van der Waals surface area contributed by atoms with Crippen molar-refractivity contribution in [1.82, 2.24) is 4.90 Å². The zero-order valence-corrected chi connectivity index (χ0v) is 10.9. The molecule has 0 radical (unpaired) electrons. The van der Waals surface area contributed by atoms with Gasteiger partial charge in [0.1, 0.15) is 0 Å². The summed E-state index contributed by atoms with van der Waals surface area (Å²) in [6.45, 7) is 2.19. The molecule has 1 aromatic carbocycles. The molecular formula is C14H18N2O3. The summed E-state index contributed by atoms with van der Waals surface area (Å²) in [6.07, 6.45) is 1.32. The van der Waals surface area contributed by atoms with Crippen molar-refractivity contribution in [3.63, 3.8) is 0 Å². The normalized spacial score (nSPS) is 23.1. The van der Waals surface area contributed by atoms with Gasteiger partial charge in [0.2, 0.25) is 0 Å². The minimum absolute atomic E-state index is 0.0442. The van der Waals surface area contributed by atoms with E-state index in [1.54, 1.807) is 29.2 Å². The maximum Gasteiger partial charge on any atom is 0.308 e. The van der Waals surface area contributed by atoms with Crippen molar-refractivity contribution in [1.29, 1.82) is 0 Å². The molecule has 0 aromatic heterocycles. The molecule has 1 fully saturated rings. The Morgan fingerprint density at radius 1 is 1.32 bits per heavy atom. The van der Waals surface area contributed by atoms with Crippen LogP contribution in [-0.2, 0) is 4.79 Å². The second-order valence-corrected chi connectivity index (χ2v) is 5.01. The van der Waals surface area contributed by atoms with Gasteiger partial charge in [-0.15, -0.1) is 0 Å². The Labute approximate surface area is 112 Å². The standard InChI is InChI=1S/C14H18N2O3/c1-9-6-7-10(14(18)19)8-16(9)13(17)11-4-2-3-5-12(11)15/h2-5,9-10H,6-8,15H2,1H3,(H,18,19)/t9-,10-/m1/s1. The Bertz CT molecular complexity index is 501. The fourth-order valence-corrected chi connectivity index (χ4v) is 2.44. The van der Waals surface area contributed by atoms with Crippen molar-refractivity contribution in [2.24, 2.45) is 5.92 Å². The van der Waals surface area contributed by atoms with Crippen LogP contribution >= 0.6 is 0 Å². The molecule has 1 heterocycles. The number of hydrogen-bond acceptors (Lipinski definition) is 3. The third-order valence-corrected chi connectivity index (χ3v) is 3.68. The highest BCUT2D eigenvalue weighted by molar-refractivity contribution is 5.99. The van der Waals surface area contributed by atoms with Gasteiger partial charge in [0.05, 0.1) is 11.5 Å². The lowest BCUT2D eigenvalue weighted by atomic mass is 9.93. The minimum atomic E-state index is -0.842. The van der Waals surface area contributed by atoms with Crippen LogP contribution in [0.2, 0.25) is 0 Å². The van der Waals surface area contributed by atoms with Crippen molar-refractivity contribution in [3.8, 4) is 0 Å². The molecule has 1 amide bonds. The van der Waals surface area contributed by atoms with E-state index in [0.29, 0.717) is 24.1 Å². The maximum atomic E-state index is 12.5. The Kier molecular flexibility index (Phi) is 3.74. The number of hydrogen-bond donors (Lipinski definition) is 2. The zero-order valence-electron chi connectivity index (χ0n) is 10.9. The number of aliphatic carboxylic acids is 1. The van der Waals surface area contributed by atoms with E-state index in [4.69, 9.17) is 10.8 Å². The number of anilines is 1. The lowest BCUT2D eigenvalue weighted by Crippen LogP contribution is -2.47. The molecule has 2 rings (SSSR count). The quantitative estimate of drug-likeness (QED) is 0.793. The highest BCUT2D eigenvalue weighted by Crippen LogP contribution is 2.25. The number of carboxylic acids is 1. The summed E-state index contributed by atoms with van der Waals surface area (Å²) in [4.78, 5) is 25.1. The Hall–Kier alpha value is -2.04. The van der Waals surface area contributed by atoms with Crippen LogP contribution in [0.4, 0.5) is 5.69 Å². The molecule has 3 N–H and O–H groups in total. The van der Waals surface area contributed by atoms with Gasteiger partial charge in [-0.05, 0) is 31.9 Å². The Morgan fingerprint density at radius 2 is 2.00 bits per heavy atom. The van der Waals surface area contributed by atoms with Gasteiger partial charge in [0.25, 0.3) is 5.91 Å². The molecule has 0 unspecified atom stereocenters. The number of nitrogens with zero attached hydrogens (tertiary/aromatic N) is 1. The number of benzene rings is 1. The van der Waals surface area contributed by atoms with Crippen molar-refractivity contribution in [2.75, 3.05) is 12.3 Å². The lowest BCUT2D eigenvalue weighted by Gasteiger charge is -2.36. The fraction of sp³-hybridized carbons (Fsp3) is 0.429. The number of carbonyl (C=O) groups excluding carboxylic acids is 1. The first-order valence-corrected chi connectivity index (χ1v) is 6.39. The summed E-state index contributed by atoms with van der Waals surface area (Å²) in [5.74, 6) is -1.51. The molecule has 0 spiro atoms. The van der Waals surface area contributed by atoms with Crippen LogP contribution < -0.4 is 5.73 Å². The van der Waals surface area contributed by atoms with E-state index >= 15 is 0 Å². The number of nitrogen functional groups attached to an aromatic ring is 1. The van der Waals surface area contributed by atoms with Crippen molar-refractivity contribution < 1.29 is 14.7 Å². The number of likely N-dealkylation sites (tertiary alicyclic amines) is 1. The largest absolute Gasteiger partial charge is 0.481 e. The summed E-state index contributed by atoms with van der Waals surface area (Å²) in [5, 5.41) is 9.09. The molecule has 2 atom stereocenters. The molecule has 102 valence electrons. The average Bonchev–Trinajstić information content (AvgIpc) is 2.38. The molecule has 0 saturated carbocycles. The molecule has 1 aromatic rings. The minimum Gasteiger partial charge on any atom is -0.481 e. The van der Waals surface area contributed by atoms with Crippen molar-refractivity contribution in [2.45, 2.75) is 25.8 Å². The number of nitrogens with two attached hydrogens (primary N) is 1. The predicted molar refractivity (Wildman–Crippen MR) is 71.7 cm³/mol. The SMILES string of the molecule is C[C@@H]1CC[C@@H](C(=O)O)CN1C(=O)c1ccccc1N. The topological polar surface area (TPSA) is 83.6 Å². The number of para-hydroxylation sites is 1. The second-order valence-electron chi connectivity index (χ2n) is 5.01. The number of rotatable bonds is 2. The molecule has 5 heteroatoms. The molecule has 19 heavy (non-hydrogen) atoms. The molecule has 0 aliphatic carbocycles. The first-order valence-electron chi connectivity index (χ1n) is 6.39. The molecule has 1 aliphatic heterocycles. The van der Waals surface area contributed by atoms with E-state index in [2.05, 4.69) is 0 Å². The molecule has 0 bridgehead atoms. The first kappa shape index (κ1) is 13.4. The molecule has 1 saturated heterocycles. The van der Waals surface area contributed by atoms with Gasteiger partial charge in [0, 0.05) is 18.3 Å². The van der Waals surface area contributed by atoms with E-state index in [9.17, 15) is 9.59 Å². The summed E-state index contributed by atoms with van der Waals surface area (Å²) < 4.78 is 0. The highest BCUT2D eigenvalue weighted by atomic mass is 16.4. The highest BCUT2D eigenvalue weighted by Gasteiger charge is 2.33. The maximum absolute atomic E-state index is 12.5. The predicted octanol–water partition coefficient (Wildman–Crippen LogP) is 1.59. The Morgan fingerprint density at radius 3 is 2.63 bits per heavy atom. The monoisotopic (exact) mass is 262 g/mol. The van der Waals surface area contributed by atoms with Gasteiger partial charge in [-0.1, -0.05) is 12.1 Å². The molecule has 5 nitrogen and oxygen atoms in total. The van der Waals surface area contributed by atoms with Gasteiger partial charge >= 0.3 is 5.97 Å². The van der Waals surface area contributed by atoms with Crippen LogP contribution in [0.1, 0.15) is 30.1 Å². The smallest absolute Gasteiger partial charge is 0.308 e. The van der Waals surface area contributed by atoms with Crippen molar-refractivity contribution >= 4 is 17.6 Å². The van der Waals surface area contributed by atoms with E-state index in [-0.39, 0.29) is 18.5 Å². The van der Waals surface area contributed by atoms with Crippen LogP contribution in [0.15, 0.2) is 24.3 Å². The van der Waals surface area contributed by atoms with Crippen LogP contribution in [-0.4, -0.2) is 34.5 Å². The number of amides is 1. The van der Waals surface area contributed by atoms with Gasteiger partial charge in [0.15, 0.2) is 0 Å². The van der Waals surface area contributed by atoms with Crippen molar-refractivity contribution in [3.05, 3.63) is 29.8 Å². The van der Waals surface area contributed by atoms with Crippen LogP contribution in [0.25, 0.3) is 0 Å².